The molecule has 2 aliphatic heterocycles. The second-order valence-electron chi connectivity index (χ2n) is 6.73. The zero-order valence-corrected chi connectivity index (χ0v) is 11.3. The summed E-state index contributed by atoms with van der Waals surface area (Å²) in [4.78, 5) is 14.0. The van der Waals surface area contributed by atoms with Gasteiger partial charge in [0.15, 0.2) is 0 Å². The van der Waals surface area contributed by atoms with Crippen molar-refractivity contribution in [2.24, 2.45) is 28.9 Å². The Morgan fingerprint density at radius 1 is 1.56 bits per heavy atom. The Morgan fingerprint density at radius 2 is 2.39 bits per heavy atom. The van der Waals surface area contributed by atoms with Crippen LogP contribution in [0.15, 0.2) is 0 Å². The van der Waals surface area contributed by atoms with Crippen molar-refractivity contribution in [1.82, 2.24) is 10.2 Å². The molecule has 0 aromatic rings. The molecule has 0 bridgehead atoms. The molecule has 1 aliphatic carbocycles. The molecule has 0 aromatic carbocycles. The van der Waals surface area contributed by atoms with Crippen molar-refractivity contribution in [3.8, 4) is 0 Å². The average Bonchev–Trinajstić information content (AvgIpc) is 2.81. The average molecular weight is 251 g/mol. The van der Waals surface area contributed by atoms with Gasteiger partial charge >= 0.3 is 0 Å². The Balaban J connectivity index is 1.58. The van der Waals surface area contributed by atoms with Crippen LogP contribution in [0.2, 0.25) is 0 Å². The maximum absolute atomic E-state index is 11.5. The van der Waals surface area contributed by atoms with E-state index >= 15 is 0 Å². The van der Waals surface area contributed by atoms with Gasteiger partial charge in [-0.05, 0) is 56.5 Å². The number of nitrogens with zero attached hydrogens (tertiary/aromatic N) is 1. The summed E-state index contributed by atoms with van der Waals surface area (Å²) in [6.45, 7) is 4.29. The lowest BCUT2D eigenvalue weighted by atomic mass is 9.85. The second kappa shape index (κ2) is 4.49. The van der Waals surface area contributed by atoms with Crippen molar-refractivity contribution >= 4 is 5.91 Å². The zero-order valence-electron chi connectivity index (χ0n) is 11.3. The molecule has 3 rings (SSSR count). The molecule has 3 fully saturated rings. The van der Waals surface area contributed by atoms with E-state index in [0.29, 0.717) is 0 Å². The van der Waals surface area contributed by atoms with Gasteiger partial charge in [-0.25, -0.2) is 0 Å². The van der Waals surface area contributed by atoms with Gasteiger partial charge in [0.05, 0.1) is 5.92 Å². The highest BCUT2D eigenvalue weighted by Crippen LogP contribution is 2.62. The van der Waals surface area contributed by atoms with Gasteiger partial charge in [-0.3, -0.25) is 4.79 Å². The fourth-order valence-corrected chi connectivity index (χ4v) is 4.39. The van der Waals surface area contributed by atoms with E-state index in [4.69, 9.17) is 5.73 Å². The SMILES string of the molecule is CN1CCCC(CC2CC23CNCC3C(N)=O)C1. The highest BCUT2D eigenvalue weighted by Gasteiger charge is 2.62. The number of piperidine rings is 1. The molecule has 3 aliphatic rings. The minimum Gasteiger partial charge on any atom is -0.369 e. The number of hydrogen-bond donors (Lipinski definition) is 2. The largest absolute Gasteiger partial charge is 0.369 e. The molecule has 3 N–H and O–H groups in total. The van der Waals surface area contributed by atoms with E-state index in [9.17, 15) is 4.79 Å². The smallest absolute Gasteiger partial charge is 0.222 e. The predicted octanol–water partition coefficient (Wildman–Crippen LogP) is 0.429. The molecule has 0 radical (unpaired) electrons. The summed E-state index contributed by atoms with van der Waals surface area (Å²) in [7, 11) is 2.22. The van der Waals surface area contributed by atoms with Crippen molar-refractivity contribution in [3.05, 3.63) is 0 Å². The second-order valence-corrected chi connectivity index (χ2v) is 6.73. The minimum absolute atomic E-state index is 0.0869. The Bertz CT molecular complexity index is 346. The van der Waals surface area contributed by atoms with Gasteiger partial charge in [-0.1, -0.05) is 0 Å². The van der Waals surface area contributed by atoms with Gasteiger partial charge in [-0.15, -0.1) is 0 Å². The number of carbonyl (C=O) groups is 1. The first-order valence-corrected chi connectivity index (χ1v) is 7.30. The van der Waals surface area contributed by atoms with Gasteiger partial charge < -0.3 is 16.0 Å². The molecule has 1 spiro atoms. The summed E-state index contributed by atoms with van der Waals surface area (Å²) in [5.41, 5.74) is 5.78. The van der Waals surface area contributed by atoms with Crippen LogP contribution in [0.1, 0.15) is 25.7 Å². The van der Waals surface area contributed by atoms with E-state index in [1.54, 1.807) is 0 Å². The maximum Gasteiger partial charge on any atom is 0.222 e. The van der Waals surface area contributed by atoms with Gasteiger partial charge in [0.2, 0.25) is 5.91 Å². The number of carbonyl (C=O) groups excluding carboxylic acids is 1. The van der Waals surface area contributed by atoms with Crippen LogP contribution in [0.3, 0.4) is 0 Å². The molecule has 4 unspecified atom stereocenters. The number of nitrogens with two attached hydrogens (primary N) is 1. The van der Waals surface area contributed by atoms with E-state index in [1.807, 2.05) is 0 Å². The summed E-state index contributed by atoms with van der Waals surface area (Å²) < 4.78 is 0. The summed E-state index contributed by atoms with van der Waals surface area (Å²) in [5, 5.41) is 3.37. The molecule has 4 nitrogen and oxygen atoms in total. The van der Waals surface area contributed by atoms with Gasteiger partial charge in [-0.2, -0.15) is 0 Å². The summed E-state index contributed by atoms with van der Waals surface area (Å²) in [6.07, 6.45) is 5.22. The summed E-state index contributed by atoms with van der Waals surface area (Å²) >= 11 is 0. The zero-order chi connectivity index (χ0) is 12.8. The third-order valence-electron chi connectivity index (χ3n) is 5.46. The summed E-state index contributed by atoms with van der Waals surface area (Å²) in [6, 6.07) is 0. The molecule has 2 saturated heterocycles. The van der Waals surface area contributed by atoms with Crippen LogP contribution >= 0.6 is 0 Å². The highest BCUT2D eigenvalue weighted by molar-refractivity contribution is 5.79. The predicted molar refractivity (Wildman–Crippen MR) is 70.9 cm³/mol. The quantitative estimate of drug-likeness (QED) is 0.765. The van der Waals surface area contributed by atoms with Crippen LogP contribution in [0.5, 0.6) is 0 Å². The van der Waals surface area contributed by atoms with Crippen molar-refractivity contribution in [3.63, 3.8) is 0 Å². The maximum atomic E-state index is 11.5. The Hall–Kier alpha value is -0.610. The molecule has 1 saturated carbocycles. The fraction of sp³-hybridized carbons (Fsp3) is 0.929. The van der Waals surface area contributed by atoms with Gasteiger partial charge in [0, 0.05) is 19.6 Å². The molecule has 2 heterocycles. The molecule has 102 valence electrons. The van der Waals surface area contributed by atoms with E-state index < -0.39 is 0 Å². The van der Waals surface area contributed by atoms with Crippen LogP contribution in [0.25, 0.3) is 0 Å². The lowest BCUT2D eigenvalue weighted by Gasteiger charge is -2.30. The third-order valence-corrected chi connectivity index (χ3v) is 5.46. The first kappa shape index (κ1) is 12.4. The number of nitrogens with one attached hydrogen (secondary N) is 1. The lowest BCUT2D eigenvalue weighted by molar-refractivity contribution is -0.122. The number of hydrogen-bond acceptors (Lipinski definition) is 3. The number of rotatable bonds is 3. The van der Waals surface area contributed by atoms with Gasteiger partial charge in [0.25, 0.3) is 0 Å². The number of amides is 1. The van der Waals surface area contributed by atoms with E-state index in [2.05, 4.69) is 17.3 Å². The third kappa shape index (κ3) is 2.05. The normalized spacial score (nSPS) is 44.4. The molecule has 4 atom stereocenters. The van der Waals surface area contributed by atoms with E-state index in [0.717, 1.165) is 24.9 Å². The molecule has 0 aromatic heterocycles. The van der Waals surface area contributed by atoms with Crippen LogP contribution < -0.4 is 11.1 Å². The van der Waals surface area contributed by atoms with Crippen molar-refractivity contribution in [2.45, 2.75) is 25.7 Å². The first-order chi connectivity index (χ1) is 8.62. The fourth-order valence-electron chi connectivity index (χ4n) is 4.39. The minimum atomic E-state index is -0.0942. The Morgan fingerprint density at radius 3 is 3.11 bits per heavy atom. The van der Waals surface area contributed by atoms with Crippen LogP contribution in [0, 0.1) is 23.2 Å². The number of primary amides is 1. The van der Waals surface area contributed by atoms with Crippen LogP contribution in [-0.2, 0) is 4.79 Å². The van der Waals surface area contributed by atoms with E-state index in [-0.39, 0.29) is 17.2 Å². The highest BCUT2D eigenvalue weighted by atomic mass is 16.1. The van der Waals surface area contributed by atoms with E-state index in [1.165, 1.54) is 38.8 Å². The lowest BCUT2D eigenvalue weighted by Crippen LogP contribution is -2.34. The first-order valence-electron chi connectivity index (χ1n) is 7.30. The van der Waals surface area contributed by atoms with Crippen molar-refractivity contribution in [2.75, 3.05) is 33.2 Å². The molecule has 4 heteroatoms. The van der Waals surface area contributed by atoms with Crippen molar-refractivity contribution in [1.29, 1.82) is 0 Å². The molecule has 1 amide bonds. The van der Waals surface area contributed by atoms with Gasteiger partial charge in [0.1, 0.15) is 0 Å². The monoisotopic (exact) mass is 251 g/mol. The topological polar surface area (TPSA) is 58.4 Å². The Labute approximate surface area is 109 Å². The standard InChI is InChI=1S/C14H25N3O/c1-17-4-2-3-10(8-17)5-11-6-14(11)9-16-7-12(14)13(15)18/h10-12,16H,2-9H2,1H3,(H2,15,18). The molecular weight excluding hydrogens is 226 g/mol. The molecular formula is C14H25N3O. The van der Waals surface area contributed by atoms with Crippen LogP contribution in [0.4, 0.5) is 0 Å². The number of likely N-dealkylation sites (tertiary alicyclic amines) is 1. The Kier molecular flexibility index (Phi) is 3.10. The molecule has 18 heavy (non-hydrogen) atoms. The van der Waals surface area contributed by atoms with Crippen molar-refractivity contribution < 1.29 is 4.79 Å². The summed E-state index contributed by atoms with van der Waals surface area (Å²) in [5.74, 6) is 1.57. The van der Waals surface area contributed by atoms with Crippen LogP contribution in [-0.4, -0.2) is 44.0 Å².